The Morgan fingerprint density at radius 1 is 1.56 bits per heavy atom. The molecule has 0 aromatic heterocycles. The van der Waals surface area contributed by atoms with Gasteiger partial charge in [0.2, 0.25) is 0 Å². The van der Waals surface area contributed by atoms with Gasteiger partial charge >= 0.3 is 0 Å². The van der Waals surface area contributed by atoms with E-state index in [1.54, 1.807) is 7.11 Å². The minimum atomic E-state index is -0.123. The highest BCUT2D eigenvalue weighted by Crippen LogP contribution is 2.39. The van der Waals surface area contributed by atoms with Gasteiger partial charge in [-0.25, -0.2) is 0 Å². The maximum atomic E-state index is 5.99. The highest BCUT2D eigenvalue weighted by atomic mass is 16.5. The second-order valence-corrected chi connectivity index (χ2v) is 5.91. The summed E-state index contributed by atoms with van der Waals surface area (Å²) in [5.41, 5.74) is 5.90. The molecule has 92 valence electrons. The third kappa shape index (κ3) is 2.03. The molecule has 2 N–H and O–H groups in total. The molecule has 0 spiro atoms. The zero-order valence-corrected chi connectivity index (χ0v) is 10.8. The number of aliphatic imine (C=N–C) groups is 1. The van der Waals surface area contributed by atoms with Crippen molar-refractivity contribution >= 4 is 5.96 Å². The van der Waals surface area contributed by atoms with E-state index < -0.39 is 0 Å². The van der Waals surface area contributed by atoms with E-state index in [1.807, 2.05) is 0 Å². The third-order valence-electron chi connectivity index (χ3n) is 3.68. The van der Waals surface area contributed by atoms with Crippen molar-refractivity contribution in [1.29, 1.82) is 0 Å². The molecule has 2 rings (SSSR count). The van der Waals surface area contributed by atoms with Crippen molar-refractivity contribution in [1.82, 2.24) is 4.90 Å². The van der Waals surface area contributed by atoms with Crippen molar-refractivity contribution in [3.63, 3.8) is 0 Å². The largest absolute Gasteiger partial charge is 0.379 e. The molecule has 1 aliphatic carbocycles. The molecule has 0 amide bonds. The quantitative estimate of drug-likeness (QED) is 0.786. The van der Waals surface area contributed by atoms with Gasteiger partial charge in [0.1, 0.15) is 0 Å². The SMILES string of the molecule is COC(C)(C)CC1(C)CN=C(N)N1C1CC1. The summed E-state index contributed by atoms with van der Waals surface area (Å²) in [6.45, 7) is 7.28. The molecular formula is C12H23N3O. The number of nitrogens with zero attached hydrogens (tertiary/aromatic N) is 2. The minimum Gasteiger partial charge on any atom is -0.379 e. The van der Waals surface area contributed by atoms with Gasteiger partial charge in [0.15, 0.2) is 5.96 Å². The van der Waals surface area contributed by atoms with Crippen molar-refractivity contribution in [2.75, 3.05) is 13.7 Å². The van der Waals surface area contributed by atoms with Crippen LogP contribution in [0.4, 0.5) is 0 Å². The predicted octanol–water partition coefficient (Wildman–Crippen LogP) is 1.35. The number of rotatable bonds is 4. The van der Waals surface area contributed by atoms with E-state index in [-0.39, 0.29) is 11.1 Å². The van der Waals surface area contributed by atoms with Crippen LogP contribution in [0.2, 0.25) is 0 Å². The summed E-state index contributed by atoms with van der Waals surface area (Å²) in [7, 11) is 1.77. The van der Waals surface area contributed by atoms with E-state index in [0.717, 1.165) is 18.9 Å². The Morgan fingerprint density at radius 3 is 2.69 bits per heavy atom. The minimum absolute atomic E-state index is 0.0325. The molecule has 0 aromatic rings. The summed E-state index contributed by atoms with van der Waals surface area (Å²) in [6.07, 6.45) is 3.45. The monoisotopic (exact) mass is 225 g/mol. The van der Waals surface area contributed by atoms with Crippen molar-refractivity contribution < 1.29 is 4.74 Å². The highest BCUT2D eigenvalue weighted by molar-refractivity contribution is 5.81. The van der Waals surface area contributed by atoms with Crippen LogP contribution in [-0.4, -0.2) is 41.7 Å². The molecule has 0 bridgehead atoms. The molecule has 1 saturated carbocycles. The van der Waals surface area contributed by atoms with Gasteiger partial charge in [-0.3, -0.25) is 4.99 Å². The van der Waals surface area contributed by atoms with Gasteiger partial charge in [-0.2, -0.15) is 0 Å². The summed E-state index contributed by atoms with van der Waals surface area (Å²) in [5.74, 6) is 0.719. The standard InChI is InChI=1S/C12H23N3O/c1-11(2,16-4)7-12(3)8-14-10(13)15(12)9-5-6-9/h9H,5-8H2,1-4H3,(H2,13,14). The van der Waals surface area contributed by atoms with Crippen molar-refractivity contribution in [2.45, 2.75) is 57.2 Å². The van der Waals surface area contributed by atoms with Crippen LogP contribution >= 0.6 is 0 Å². The van der Waals surface area contributed by atoms with Crippen molar-refractivity contribution in [3.05, 3.63) is 0 Å². The summed E-state index contributed by atoms with van der Waals surface area (Å²) >= 11 is 0. The average Bonchev–Trinajstić information content (AvgIpc) is 2.95. The lowest BCUT2D eigenvalue weighted by Crippen LogP contribution is -2.54. The van der Waals surface area contributed by atoms with Crippen molar-refractivity contribution in [3.8, 4) is 0 Å². The lowest BCUT2D eigenvalue weighted by molar-refractivity contribution is -0.0181. The van der Waals surface area contributed by atoms with Crippen LogP contribution < -0.4 is 5.73 Å². The maximum Gasteiger partial charge on any atom is 0.192 e. The molecule has 1 fully saturated rings. The fraction of sp³-hybridized carbons (Fsp3) is 0.917. The molecule has 1 heterocycles. The molecule has 1 aliphatic heterocycles. The lowest BCUT2D eigenvalue weighted by Gasteiger charge is -2.41. The molecule has 0 aromatic carbocycles. The van der Waals surface area contributed by atoms with Crippen LogP contribution in [0.15, 0.2) is 4.99 Å². The highest BCUT2D eigenvalue weighted by Gasteiger charge is 2.48. The Labute approximate surface area is 97.9 Å². The van der Waals surface area contributed by atoms with E-state index in [0.29, 0.717) is 6.04 Å². The molecule has 4 nitrogen and oxygen atoms in total. The predicted molar refractivity (Wildman–Crippen MR) is 65.5 cm³/mol. The van der Waals surface area contributed by atoms with Crippen LogP contribution in [0.25, 0.3) is 0 Å². The fourth-order valence-electron chi connectivity index (χ4n) is 2.77. The maximum absolute atomic E-state index is 5.99. The summed E-state index contributed by atoms with van der Waals surface area (Å²) in [6, 6.07) is 0.615. The second-order valence-electron chi connectivity index (χ2n) is 5.91. The molecule has 4 heteroatoms. The number of methoxy groups -OCH3 is 1. The number of guanidine groups is 1. The Morgan fingerprint density at radius 2 is 2.19 bits per heavy atom. The Balaban J connectivity index is 2.12. The fourth-order valence-corrected chi connectivity index (χ4v) is 2.77. The number of nitrogens with two attached hydrogens (primary N) is 1. The summed E-state index contributed by atoms with van der Waals surface area (Å²) in [5, 5.41) is 0. The third-order valence-corrected chi connectivity index (χ3v) is 3.68. The molecule has 2 aliphatic rings. The summed E-state index contributed by atoms with van der Waals surface area (Å²) < 4.78 is 5.53. The van der Waals surface area contributed by atoms with Gasteiger partial charge < -0.3 is 15.4 Å². The van der Waals surface area contributed by atoms with Crippen LogP contribution in [0.3, 0.4) is 0 Å². The lowest BCUT2D eigenvalue weighted by atomic mass is 9.87. The second kappa shape index (κ2) is 3.62. The Bertz CT molecular complexity index is 309. The van der Waals surface area contributed by atoms with Gasteiger partial charge in [0.05, 0.1) is 17.7 Å². The van der Waals surface area contributed by atoms with Crippen LogP contribution in [0.5, 0.6) is 0 Å². The number of hydrogen-bond acceptors (Lipinski definition) is 4. The van der Waals surface area contributed by atoms with Gasteiger partial charge in [0, 0.05) is 19.6 Å². The van der Waals surface area contributed by atoms with Crippen LogP contribution in [0, 0.1) is 0 Å². The number of hydrogen-bond donors (Lipinski definition) is 1. The van der Waals surface area contributed by atoms with Gasteiger partial charge in [0.25, 0.3) is 0 Å². The van der Waals surface area contributed by atoms with E-state index in [2.05, 4.69) is 30.7 Å². The number of ether oxygens (including phenoxy) is 1. The Kier molecular flexibility index (Phi) is 2.65. The first-order valence-electron chi connectivity index (χ1n) is 6.02. The molecule has 1 unspecified atom stereocenters. The average molecular weight is 225 g/mol. The molecule has 1 atom stereocenters. The zero-order chi connectivity index (χ0) is 12.0. The van der Waals surface area contributed by atoms with Crippen LogP contribution in [-0.2, 0) is 4.74 Å². The Hall–Kier alpha value is -0.770. The first kappa shape index (κ1) is 11.7. The molecule has 0 saturated heterocycles. The van der Waals surface area contributed by atoms with E-state index >= 15 is 0 Å². The molecular weight excluding hydrogens is 202 g/mol. The van der Waals surface area contributed by atoms with E-state index in [1.165, 1.54) is 12.8 Å². The van der Waals surface area contributed by atoms with Crippen molar-refractivity contribution in [2.24, 2.45) is 10.7 Å². The first-order valence-corrected chi connectivity index (χ1v) is 6.02. The summed E-state index contributed by atoms with van der Waals surface area (Å²) in [4.78, 5) is 6.73. The normalized spacial score (nSPS) is 30.8. The first-order chi connectivity index (χ1) is 7.38. The van der Waals surface area contributed by atoms with Crippen LogP contribution in [0.1, 0.15) is 40.0 Å². The zero-order valence-electron chi connectivity index (χ0n) is 10.8. The molecule has 0 radical (unpaired) electrons. The smallest absolute Gasteiger partial charge is 0.192 e. The van der Waals surface area contributed by atoms with E-state index in [9.17, 15) is 0 Å². The van der Waals surface area contributed by atoms with Gasteiger partial charge in [-0.1, -0.05) is 0 Å². The van der Waals surface area contributed by atoms with Gasteiger partial charge in [-0.15, -0.1) is 0 Å². The topological polar surface area (TPSA) is 50.9 Å². The molecule has 16 heavy (non-hydrogen) atoms. The van der Waals surface area contributed by atoms with Gasteiger partial charge in [-0.05, 0) is 33.6 Å². The van der Waals surface area contributed by atoms with E-state index in [4.69, 9.17) is 10.5 Å².